The van der Waals surface area contributed by atoms with Crippen molar-refractivity contribution in [2.24, 2.45) is 5.10 Å². The van der Waals surface area contributed by atoms with Gasteiger partial charge in [0.1, 0.15) is 11.5 Å². The molecule has 0 aliphatic carbocycles. The first-order valence-corrected chi connectivity index (χ1v) is 6.40. The van der Waals surface area contributed by atoms with Gasteiger partial charge in [0.05, 0.1) is 11.8 Å². The van der Waals surface area contributed by atoms with E-state index in [0.717, 1.165) is 16.7 Å². The molecular formula is C16H16N2O3. The molecule has 0 saturated heterocycles. The van der Waals surface area contributed by atoms with Gasteiger partial charge in [-0.2, -0.15) is 5.10 Å². The Labute approximate surface area is 122 Å². The van der Waals surface area contributed by atoms with E-state index in [0.29, 0.717) is 0 Å². The first-order valence-electron chi connectivity index (χ1n) is 6.40. The largest absolute Gasteiger partial charge is 0.507 e. The fourth-order valence-corrected chi connectivity index (χ4v) is 1.96. The van der Waals surface area contributed by atoms with Gasteiger partial charge < -0.3 is 10.2 Å². The van der Waals surface area contributed by atoms with E-state index in [1.165, 1.54) is 18.3 Å². The fraction of sp³-hybridized carbons (Fsp3) is 0.125. The maximum atomic E-state index is 11.8. The average molecular weight is 284 g/mol. The topological polar surface area (TPSA) is 81.9 Å². The summed E-state index contributed by atoms with van der Waals surface area (Å²) in [5.74, 6) is -0.330. The Balaban J connectivity index is 2.10. The summed E-state index contributed by atoms with van der Waals surface area (Å²) in [7, 11) is 0. The number of nitrogens with one attached hydrogen (secondary N) is 1. The van der Waals surface area contributed by atoms with E-state index in [2.05, 4.69) is 10.5 Å². The predicted molar refractivity (Wildman–Crippen MR) is 80.7 cm³/mol. The van der Waals surface area contributed by atoms with Gasteiger partial charge in [0.25, 0.3) is 5.91 Å². The van der Waals surface area contributed by atoms with Crippen molar-refractivity contribution in [2.75, 3.05) is 0 Å². The van der Waals surface area contributed by atoms with E-state index in [4.69, 9.17) is 0 Å². The zero-order valence-electron chi connectivity index (χ0n) is 11.8. The van der Waals surface area contributed by atoms with E-state index < -0.39 is 5.91 Å². The Kier molecular flexibility index (Phi) is 4.23. The number of aryl methyl sites for hydroxylation is 2. The number of hydrogen-bond donors (Lipinski definition) is 3. The molecule has 0 bridgehead atoms. The molecule has 2 rings (SSSR count). The Morgan fingerprint density at radius 2 is 1.76 bits per heavy atom. The summed E-state index contributed by atoms with van der Waals surface area (Å²) in [6, 6.07) is 9.76. The number of para-hydroxylation sites is 1. The molecule has 2 aromatic rings. The second-order valence-electron chi connectivity index (χ2n) is 4.72. The number of hydrogen-bond acceptors (Lipinski definition) is 4. The van der Waals surface area contributed by atoms with Gasteiger partial charge in [0.2, 0.25) is 0 Å². The zero-order chi connectivity index (χ0) is 15.4. The van der Waals surface area contributed by atoms with Crippen molar-refractivity contribution in [3.05, 3.63) is 58.7 Å². The van der Waals surface area contributed by atoms with Crippen LogP contribution in [0.1, 0.15) is 27.0 Å². The smallest absolute Gasteiger partial charge is 0.275 e. The van der Waals surface area contributed by atoms with E-state index in [-0.39, 0.29) is 17.1 Å². The summed E-state index contributed by atoms with van der Waals surface area (Å²) in [6.45, 7) is 3.58. The molecular weight excluding hydrogens is 268 g/mol. The van der Waals surface area contributed by atoms with Crippen LogP contribution in [-0.2, 0) is 0 Å². The predicted octanol–water partition coefficient (Wildman–Crippen LogP) is 2.48. The summed E-state index contributed by atoms with van der Waals surface area (Å²) in [5, 5.41) is 23.1. The van der Waals surface area contributed by atoms with Crippen LogP contribution in [0.25, 0.3) is 0 Å². The molecule has 0 spiro atoms. The SMILES string of the molecule is Cc1cc(/C=N/NC(=O)c2ccccc2O)cc(C)c1O. The third kappa shape index (κ3) is 3.39. The van der Waals surface area contributed by atoms with Crippen molar-refractivity contribution in [3.8, 4) is 11.5 Å². The van der Waals surface area contributed by atoms with Crippen LogP contribution in [0.3, 0.4) is 0 Å². The number of benzene rings is 2. The van der Waals surface area contributed by atoms with Crippen LogP contribution in [0.5, 0.6) is 11.5 Å². The molecule has 21 heavy (non-hydrogen) atoms. The van der Waals surface area contributed by atoms with Crippen LogP contribution in [0.15, 0.2) is 41.5 Å². The third-order valence-corrected chi connectivity index (χ3v) is 3.04. The molecule has 0 saturated carbocycles. The molecule has 108 valence electrons. The Hall–Kier alpha value is -2.82. The lowest BCUT2D eigenvalue weighted by Crippen LogP contribution is -2.17. The van der Waals surface area contributed by atoms with Gasteiger partial charge in [-0.15, -0.1) is 0 Å². The van der Waals surface area contributed by atoms with E-state index >= 15 is 0 Å². The number of nitrogens with zero attached hydrogens (tertiary/aromatic N) is 1. The Morgan fingerprint density at radius 1 is 1.14 bits per heavy atom. The van der Waals surface area contributed by atoms with Crippen molar-refractivity contribution in [2.45, 2.75) is 13.8 Å². The second-order valence-corrected chi connectivity index (χ2v) is 4.72. The lowest BCUT2D eigenvalue weighted by molar-refractivity contribution is 0.0952. The number of phenols is 2. The number of carbonyl (C=O) groups excluding carboxylic acids is 1. The van der Waals surface area contributed by atoms with Crippen molar-refractivity contribution in [3.63, 3.8) is 0 Å². The van der Waals surface area contributed by atoms with Crippen molar-refractivity contribution in [1.82, 2.24) is 5.43 Å². The van der Waals surface area contributed by atoms with Crippen LogP contribution in [0.2, 0.25) is 0 Å². The van der Waals surface area contributed by atoms with Gasteiger partial charge in [-0.05, 0) is 54.8 Å². The van der Waals surface area contributed by atoms with Gasteiger partial charge >= 0.3 is 0 Å². The summed E-state index contributed by atoms with van der Waals surface area (Å²) in [5.41, 5.74) is 4.75. The molecule has 1 amide bonds. The van der Waals surface area contributed by atoms with E-state index in [9.17, 15) is 15.0 Å². The molecule has 5 nitrogen and oxygen atoms in total. The number of hydrazone groups is 1. The normalized spacial score (nSPS) is 10.8. The molecule has 0 radical (unpaired) electrons. The maximum Gasteiger partial charge on any atom is 0.275 e. The number of phenolic OH excluding ortho intramolecular Hbond substituents is 2. The van der Waals surface area contributed by atoms with Gasteiger partial charge in [0, 0.05) is 0 Å². The molecule has 5 heteroatoms. The summed E-state index contributed by atoms with van der Waals surface area (Å²) < 4.78 is 0. The lowest BCUT2D eigenvalue weighted by Gasteiger charge is -2.05. The molecule has 2 aromatic carbocycles. The molecule has 3 N–H and O–H groups in total. The highest BCUT2D eigenvalue weighted by Crippen LogP contribution is 2.22. The molecule has 0 aliphatic heterocycles. The van der Waals surface area contributed by atoms with Crippen LogP contribution in [0, 0.1) is 13.8 Å². The number of amides is 1. The van der Waals surface area contributed by atoms with E-state index in [1.807, 2.05) is 0 Å². The minimum atomic E-state index is -0.489. The Bertz CT molecular complexity index is 685. The minimum absolute atomic E-state index is 0.0958. The molecule has 0 atom stereocenters. The first-order chi connectivity index (χ1) is 9.99. The number of aromatic hydroxyl groups is 2. The molecule has 0 heterocycles. The van der Waals surface area contributed by atoms with Gasteiger partial charge in [-0.1, -0.05) is 12.1 Å². The fourth-order valence-electron chi connectivity index (χ4n) is 1.96. The minimum Gasteiger partial charge on any atom is -0.507 e. The Morgan fingerprint density at radius 3 is 2.38 bits per heavy atom. The molecule has 0 unspecified atom stereocenters. The molecule has 0 aromatic heterocycles. The van der Waals surface area contributed by atoms with Crippen LogP contribution < -0.4 is 5.43 Å². The summed E-state index contributed by atoms with van der Waals surface area (Å²) >= 11 is 0. The number of rotatable bonds is 3. The highest BCUT2D eigenvalue weighted by Gasteiger charge is 2.08. The van der Waals surface area contributed by atoms with E-state index in [1.54, 1.807) is 38.1 Å². The monoisotopic (exact) mass is 284 g/mol. The van der Waals surface area contributed by atoms with Crippen molar-refractivity contribution >= 4 is 12.1 Å². The van der Waals surface area contributed by atoms with Crippen LogP contribution in [0.4, 0.5) is 0 Å². The maximum absolute atomic E-state index is 11.8. The highest BCUT2D eigenvalue weighted by atomic mass is 16.3. The number of carbonyl (C=O) groups is 1. The van der Waals surface area contributed by atoms with Crippen molar-refractivity contribution < 1.29 is 15.0 Å². The zero-order valence-corrected chi connectivity index (χ0v) is 11.8. The molecule has 0 aliphatic rings. The van der Waals surface area contributed by atoms with Crippen molar-refractivity contribution in [1.29, 1.82) is 0 Å². The molecule has 0 fully saturated rings. The van der Waals surface area contributed by atoms with Crippen LogP contribution in [-0.4, -0.2) is 22.3 Å². The van der Waals surface area contributed by atoms with Gasteiger partial charge in [0.15, 0.2) is 0 Å². The highest BCUT2D eigenvalue weighted by molar-refractivity contribution is 5.97. The van der Waals surface area contributed by atoms with Gasteiger partial charge in [-0.25, -0.2) is 5.43 Å². The summed E-state index contributed by atoms with van der Waals surface area (Å²) in [6.07, 6.45) is 1.48. The van der Waals surface area contributed by atoms with Crippen LogP contribution >= 0.6 is 0 Å². The second kappa shape index (κ2) is 6.09. The standard InChI is InChI=1S/C16H16N2O3/c1-10-7-12(8-11(2)15(10)20)9-17-18-16(21)13-5-3-4-6-14(13)19/h3-9,19-20H,1-2H3,(H,18,21)/b17-9+. The quantitative estimate of drug-likeness (QED) is 0.598. The first kappa shape index (κ1) is 14.6. The average Bonchev–Trinajstić information content (AvgIpc) is 2.45. The lowest BCUT2D eigenvalue weighted by atomic mass is 10.1. The summed E-state index contributed by atoms with van der Waals surface area (Å²) in [4.78, 5) is 11.8. The van der Waals surface area contributed by atoms with Gasteiger partial charge in [-0.3, -0.25) is 4.79 Å². The third-order valence-electron chi connectivity index (χ3n) is 3.04.